The number of anilines is 1. The van der Waals surface area contributed by atoms with Gasteiger partial charge in [0.2, 0.25) is 5.69 Å². The van der Waals surface area contributed by atoms with E-state index in [4.69, 9.17) is 13.7 Å². The van der Waals surface area contributed by atoms with Crippen molar-refractivity contribution in [2.24, 2.45) is 0 Å². The molecule has 3 aromatic carbocycles. The van der Waals surface area contributed by atoms with Crippen LogP contribution < -0.4 is 9.64 Å². The second-order valence-electron chi connectivity index (χ2n) is 17.2. The third kappa shape index (κ3) is 11.0. The predicted molar refractivity (Wildman–Crippen MR) is 245 cm³/mol. The molecule has 0 saturated carbocycles. The third-order valence-corrected chi connectivity index (χ3v) is 14.4. The lowest BCUT2D eigenvalue weighted by Gasteiger charge is -2.27. The lowest BCUT2D eigenvalue weighted by Crippen LogP contribution is -2.28. The number of unbranched alkanes of at least 4 members (excludes halogenated alkanes) is 2. The van der Waals surface area contributed by atoms with E-state index in [2.05, 4.69) is 91.8 Å². The Morgan fingerprint density at radius 2 is 1.50 bits per heavy atom. The molecule has 0 fully saturated rings. The van der Waals surface area contributed by atoms with Crippen LogP contribution in [0.5, 0.6) is 5.75 Å². The van der Waals surface area contributed by atoms with E-state index in [9.17, 15) is 26.2 Å². The van der Waals surface area contributed by atoms with Crippen molar-refractivity contribution in [1.29, 1.82) is 0 Å². The van der Waals surface area contributed by atoms with Gasteiger partial charge in [-0.3, -0.25) is 13.5 Å². The van der Waals surface area contributed by atoms with Crippen molar-refractivity contribution in [3.8, 4) is 5.75 Å². The van der Waals surface area contributed by atoms with Crippen LogP contribution in [0.2, 0.25) is 0 Å². The Morgan fingerprint density at radius 1 is 0.806 bits per heavy atom. The Labute approximate surface area is 368 Å². The second kappa shape index (κ2) is 19.7. The number of para-hydroxylation sites is 2. The zero-order valence-corrected chi connectivity index (χ0v) is 38.5. The quantitative estimate of drug-likeness (QED) is 0.0408. The minimum atomic E-state index is -4.05. The van der Waals surface area contributed by atoms with Crippen LogP contribution in [0.4, 0.5) is 11.4 Å². The van der Waals surface area contributed by atoms with Crippen LogP contribution in [0, 0.1) is 0 Å². The normalized spacial score (nSPS) is 18.5. The molecule has 1 N–H and O–H groups in total. The fraction of sp³-hybridized carbons (Fsp3) is 0.429. The van der Waals surface area contributed by atoms with Gasteiger partial charge in [-0.15, -0.1) is 0 Å². The molecule has 0 amide bonds. The molecule has 1 aliphatic carbocycles. The number of nitrogens with zero attached hydrogens (tertiary/aromatic N) is 2. The molecule has 0 bridgehead atoms. The van der Waals surface area contributed by atoms with Crippen molar-refractivity contribution in [2.75, 3.05) is 43.7 Å². The minimum absolute atomic E-state index is 0.0340. The van der Waals surface area contributed by atoms with E-state index in [1.807, 2.05) is 42.5 Å². The van der Waals surface area contributed by atoms with E-state index in [-0.39, 0.29) is 28.3 Å². The van der Waals surface area contributed by atoms with Gasteiger partial charge in [-0.05, 0) is 111 Å². The highest BCUT2D eigenvalue weighted by Crippen LogP contribution is 2.48. The lowest BCUT2D eigenvalue weighted by molar-refractivity contribution is -0.438. The maximum atomic E-state index is 12.1. The molecule has 2 aliphatic heterocycles. The maximum absolute atomic E-state index is 12.1. The highest BCUT2D eigenvalue weighted by molar-refractivity contribution is 7.86. The summed E-state index contributed by atoms with van der Waals surface area (Å²) in [5.74, 6) is 0.892. The minimum Gasteiger partial charge on any atom is -0.469 e. The Kier molecular flexibility index (Phi) is 14.8. The fourth-order valence-corrected chi connectivity index (χ4v) is 10.1. The molecule has 0 atom stereocenters. The summed E-state index contributed by atoms with van der Waals surface area (Å²) in [7, 11) is -5.00. The molecule has 6 rings (SSSR count). The molecule has 2 heterocycles. The van der Waals surface area contributed by atoms with E-state index in [1.165, 1.54) is 25.3 Å². The number of rotatable bonds is 19. The molecule has 0 spiro atoms. The number of hydrogen-bond acceptors (Lipinski definition) is 9. The number of carbonyl (C=O) groups excluding carboxylic acids is 1. The third-order valence-electron chi connectivity index (χ3n) is 12.3. The Balaban J connectivity index is 1.40. The molecule has 0 unspecified atom stereocenters. The van der Waals surface area contributed by atoms with Crippen LogP contribution in [0.3, 0.4) is 0 Å². The summed E-state index contributed by atoms with van der Waals surface area (Å²) in [6, 6.07) is 24.5. The average molecular weight is 886 g/mol. The van der Waals surface area contributed by atoms with Gasteiger partial charge >= 0.3 is 5.97 Å². The summed E-state index contributed by atoms with van der Waals surface area (Å²) in [5, 5.41) is 0. The number of benzene rings is 3. The molecule has 3 aromatic rings. The number of esters is 1. The molecule has 0 aromatic heterocycles. The first-order valence-electron chi connectivity index (χ1n) is 21.5. The Morgan fingerprint density at radius 3 is 2.21 bits per heavy atom. The van der Waals surface area contributed by atoms with Crippen LogP contribution in [0.1, 0.15) is 95.8 Å². The Bertz CT molecular complexity index is 2510. The van der Waals surface area contributed by atoms with Crippen LogP contribution in [0.25, 0.3) is 0 Å². The van der Waals surface area contributed by atoms with Crippen molar-refractivity contribution < 1.29 is 44.4 Å². The van der Waals surface area contributed by atoms with E-state index in [1.54, 1.807) is 0 Å². The van der Waals surface area contributed by atoms with Crippen LogP contribution in [0.15, 0.2) is 120 Å². The van der Waals surface area contributed by atoms with Gasteiger partial charge in [0.15, 0.2) is 5.71 Å². The first-order chi connectivity index (χ1) is 29.4. The second-order valence-corrected chi connectivity index (χ2v) is 20.6. The van der Waals surface area contributed by atoms with Gasteiger partial charge in [0.25, 0.3) is 20.2 Å². The number of fused-ring (bicyclic) bond motifs is 2. The monoisotopic (exact) mass is 885 g/mol. The number of carbonyl (C=O) groups is 1. The maximum Gasteiger partial charge on any atom is 0.305 e. The molecule has 13 heteroatoms. The average Bonchev–Trinajstić information content (AvgIpc) is 3.60. The van der Waals surface area contributed by atoms with Crippen LogP contribution in [-0.4, -0.2) is 76.5 Å². The summed E-state index contributed by atoms with van der Waals surface area (Å²) in [6.45, 7) is 10.1. The topological polar surface area (TPSA) is 140 Å². The SMILES string of the molecule is COC(=O)CCc1ccc(OC2=C(/C=C/C3=[N+](CCCCS(=O)(=O)OC)c4ccccc4C3(C)C)CCC/C2=C\C=C2\N(CCCCS(=O)(=O)O)c3ccccc3C2(C)C)cc1. The first-order valence-corrected chi connectivity index (χ1v) is 24.7. The van der Waals surface area contributed by atoms with Gasteiger partial charge in [-0.25, -0.2) is 0 Å². The fourth-order valence-electron chi connectivity index (χ4n) is 8.85. The van der Waals surface area contributed by atoms with Crippen molar-refractivity contribution >= 4 is 43.3 Å². The number of allylic oxidation sites excluding steroid dienone is 7. The number of hydrogen-bond donors (Lipinski definition) is 1. The van der Waals surface area contributed by atoms with Gasteiger partial charge in [0, 0.05) is 53.9 Å². The summed E-state index contributed by atoms with van der Waals surface area (Å²) in [5.41, 5.74) is 9.24. The molecular formula is C49H61N2O9S2+. The van der Waals surface area contributed by atoms with Gasteiger partial charge in [0.1, 0.15) is 18.1 Å². The van der Waals surface area contributed by atoms with E-state index in [0.29, 0.717) is 57.4 Å². The van der Waals surface area contributed by atoms with Gasteiger partial charge < -0.3 is 14.4 Å². The number of methoxy groups -OCH3 is 1. The summed E-state index contributed by atoms with van der Waals surface area (Å²) < 4.78 is 75.3. The largest absolute Gasteiger partial charge is 0.469 e. The van der Waals surface area contributed by atoms with Crippen LogP contribution in [-0.2, 0) is 51.2 Å². The van der Waals surface area contributed by atoms with Crippen molar-refractivity contribution in [2.45, 2.75) is 96.3 Å². The van der Waals surface area contributed by atoms with Crippen LogP contribution >= 0.6 is 0 Å². The molecule has 332 valence electrons. The zero-order chi connectivity index (χ0) is 44.7. The van der Waals surface area contributed by atoms with E-state index < -0.39 is 20.2 Å². The highest BCUT2D eigenvalue weighted by atomic mass is 32.2. The summed E-state index contributed by atoms with van der Waals surface area (Å²) in [4.78, 5) is 14.1. The molecular weight excluding hydrogens is 825 g/mol. The van der Waals surface area contributed by atoms with Crippen molar-refractivity contribution in [3.63, 3.8) is 0 Å². The van der Waals surface area contributed by atoms with Gasteiger partial charge in [-0.2, -0.15) is 21.4 Å². The highest BCUT2D eigenvalue weighted by Gasteiger charge is 2.44. The zero-order valence-electron chi connectivity index (χ0n) is 36.9. The lowest BCUT2D eigenvalue weighted by atomic mass is 9.81. The molecule has 0 radical (unpaired) electrons. The number of ether oxygens (including phenoxy) is 2. The number of aryl methyl sites for hydroxylation is 1. The Hall–Kier alpha value is -4.82. The molecule has 62 heavy (non-hydrogen) atoms. The molecule has 3 aliphatic rings. The van der Waals surface area contributed by atoms with Crippen molar-refractivity contribution in [1.82, 2.24) is 0 Å². The van der Waals surface area contributed by atoms with E-state index in [0.717, 1.165) is 64.5 Å². The van der Waals surface area contributed by atoms with Crippen molar-refractivity contribution in [3.05, 3.63) is 136 Å². The summed E-state index contributed by atoms with van der Waals surface area (Å²) in [6.07, 6.45) is 14.1. The smallest absolute Gasteiger partial charge is 0.305 e. The van der Waals surface area contributed by atoms with Gasteiger partial charge in [-0.1, -0.05) is 68.5 Å². The standard InChI is InChI=1S/C49H60N2O9S2/c1-48(2)40-18-7-9-20-42(40)50(32-11-13-34-61(53,54)55)44(48)29-25-37-16-15-17-38(47(37)60-39-27-22-36(23-28-39)24-31-46(52)58-5)26-30-45-49(3,4)41-19-8-10-21-43(41)51(45)33-12-14-35-62(56,57)59-6/h7-10,18-23,25-30H,11-17,24,31-35H2,1-6H3/p+1. The molecule has 0 saturated heterocycles. The first kappa shape index (κ1) is 46.7. The van der Waals surface area contributed by atoms with E-state index >= 15 is 0 Å². The molecule has 11 nitrogen and oxygen atoms in total. The summed E-state index contributed by atoms with van der Waals surface area (Å²) >= 11 is 0. The van der Waals surface area contributed by atoms with Gasteiger partial charge in [0.05, 0.1) is 31.1 Å². The predicted octanol–water partition coefficient (Wildman–Crippen LogP) is 9.27.